The normalized spacial score (nSPS) is 10.5. The molecule has 0 aliphatic heterocycles. The van der Waals surface area contributed by atoms with Gasteiger partial charge in [-0.1, -0.05) is 6.07 Å². The van der Waals surface area contributed by atoms with Crippen LogP contribution in [0.1, 0.15) is 15.9 Å². The number of carbonyl (C=O) groups excluding carboxylic acids is 2. The molecule has 23 heavy (non-hydrogen) atoms. The smallest absolute Gasteiger partial charge is 0.259 e. The first-order valence-corrected chi connectivity index (χ1v) is 7.12. The summed E-state index contributed by atoms with van der Waals surface area (Å²) in [7, 11) is 3.34. The van der Waals surface area contributed by atoms with Gasteiger partial charge in [0.15, 0.2) is 12.4 Å². The number of amides is 1. The largest absolute Gasteiger partial charge is 0.484 e. The van der Waals surface area contributed by atoms with E-state index >= 15 is 0 Å². The topological polar surface area (TPSA) is 59.5 Å². The second-order valence-corrected chi connectivity index (χ2v) is 5.09. The number of allylic oxidation sites excluding steroid dienone is 1. The molecular formula is C18H18N2O3. The Hall–Kier alpha value is -2.95. The molecule has 1 aromatic heterocycles. The number of benzene rings is 1. The van der Waals surface area contributed by atoms with E-state index in [-0.39, 0.29) is 18.3 Å². The number of nitrogens with zero attached hydrogens (tertiary/aromatic N) is 2. The number of rotatable bonds is 6. The van der Waals surface area contributed by atoms with Gasteiger partial charge in [0.05, 0.1) is 0 Å². The number of hydrogen-bond donors (Lipinski definition) is 0. The fourth-order valence-corrected chi connectivity index (χ4v) is 1.73. The number of ketones is 1. The van der Waals surface area contributed by atoms with E-state index in [4.69, 9.17) is 4.74 Å². The highest BCUT2D eigenvalue weighted by molar-refractivity contribution is 6.06. The molecule has 0 atom stereocenters. The summed E-state index contributed by atoms with van der Waals surface area (Å²) < 4.78 is 5.36. The van der Waals surface area contributed by atoms with Crippen LogP contribution in [-0.4, -0.2) is 42.3 Å². The minimum absolute atomic E-state index is 0.0266. The quantitative estimate of drug-likeness (QED) is 0.607. The van der Waals surface area contributed by atoms with Crippen molar-refractivity contribution in [2.45, 2.75) is 0 Å². The molecule has 5 heteroatoms. The lowest BCUT2D eigenvalue weighted by molar-refractivity contribution is -0.130. The van der Waals surface area contributed by atoms with Gasteiger partial charge in [-0.3, -0.25) is 14.6 Å². The van der Waals surface area contributed by atoms with Crippen LogP contribution in [0.5, 0.6) is 5.75 Å². The van der Waals surface area contributed by atoms with Gasteiger partial charge in [-0.2, -0.15) is 0 Å². The van der Waals surface area contributed by atoms with Crippen LogP contribution in [-0.2, 0) is 4.79 Å². The van der Waals surface area contributed by atoms with E-state index in [9.17, 15) is 9.59 Å². The first-order valence-electron chi connectivity index (χ1n) is 7.12. The third-order valence-corrected chi connectivity index (χ3v) is 3.11. The Balaban J connectivity index is 1.95. The average molecular weight is 310 g/mol. The Morgan fingerprint density at radius 1 is 1.17 bits per heavy atom. The van der Waals surface area contributed by atoms with Crippen molar-refractivity contribution >= 4 is 17.8 Å². The fourth-order valence-electron chi connectivity index (χ4n) is 1.73. The van der Waals surface area contributed by atoms with Gasteiger partial charge in [0.25, 0.3) is 5.91 Å². The highest BCUT2D eigenvalue weighted by atomic mass is 16.5. The van der Waals surface area contributed by atoms with Crippen molar-refractivity contribution in [3.63, 3.8) is 0 Å². The summed E-state index contributed by atoms with van der Waals surface area (Å²) in [6, 6.07) is 10.4. The summed E-state index contributed by atoms with van der Waals surface area (Å²) >= 11 is 0. The molecule has 0 N–H and O–H groups in total. The number of aromatic nitrogens is 1. The molecule has 118 valence electrons. The summed E-state index contributed by atoms with van der Waals surface area (Å²) in [5.74, 6) is 0.322. The summed E-state index contributed by atoms with van der Waals surface area (Å²) in [4.78, 5) is 29.0. The molecule has 0 saturated heterocycles. The zero-order valence-corrected chi connectivity index (χ0v) is 13.1. The van der Waals surface area contributed by atoms with E-state index in [1.54, 1.807) is 56.8 Å². The molecule has 1 heterocycles. The van der Waals surface area contributed by atoms with Crippen molar-refractivity contribution in [1.82, 2.24) is 9.88 Å². The van der Waals surface area contributed by atoms with Crippen molar-refractivity contribution < 1.29 is 14.3 Å². The maximum absolute atomic E-state index is 12.1. The number of pyridine rings is 1. The second kappa shape index (κ2) is 7.89. The molecule has 0 spiro atoms. The second-order valence-electron chi connectivity index (χ2n) is 5.09. The summed E-state index contributed by atoms with van der Waals surface area (Å²) in [5.41, 5.74) is 1.42. The molecule has 0 saturated carbocycles. The fraction of sp³-hybridized carbons (Fsp3) is 0.167. The molecule has 0 aliphatic carbocycles. The van der Waals surface area contributed by atoms with Crippen LogP contribution in [0.3, 0.4) is 0 Å². The number of ether oxygens (including phenoxy) is 1. The van der Waals surface area contributed by atoms with Crippen LogP contribution < -0.4 is 4.74 Å². The Bertz CT molecular complexity index is 692. The lowest BCUT2D eigenvalue weighted by atomic mass is 10.1. The molecule has 0 aliphatic rings. The van der Waals surface area contributed by atoms with Crippen molar-refractivity contribution in [3.8, 4) is 5.75 Å². The zero-order chi connectivity index (χ0) is 16.7. The van der Waals surface area contributed by atoms with Crippen molar-refractivity contribution in [2.75, 3.05) is 20.7 Å². The van der Waals surface area contributed by atoms with Crippen LogP contribution in [0.4, 0.5) is 0 Å². The SMILES string of the molecule is CN(C)C(=O)COc1ccc(C(=O)C=Cc2cccnc2)cc1. The highest BCUT2D eigenvalue weighted by Crippen LogP contribution is 2.13. The zero-order valence-electron chi connectivity index (χ0n) is 13.1. The van der Waals surface area contributed by atoms with Crippen LogP contribution in [0.25, 0.3) is 6.08 Å². The molecule has 1 aromatic carbocycles. The standard InChI is InChI=1S/C18H18N2O3/c1-20(2)18(22)13-23-16-8-6-15(7-9-16)17(21)10-5-14-4-3-11-19-12-14/h3-12H,13H2,1-2H3. The molecule has 1 amide bonds. The predicted molar refractivity (Wildman–Crippen MR) is 88.2 cm³/mol. The Morgan fingerprint density at radius 3 is 2.52 bits per heavy atom. The van der Waals surface area contributed by atoms with Gasteiger partial charge in [0.2, 0.25) is 0 Å². The van der Waals surface area contributed by atoms with Gasteiger partial charge in [0.1, 0.15) is 5.75 Å². The molecule has 2 aromatic rings. The Morgan fingerprint density at radius 2 is 1.91 bits per heavy atom. The minimum Gasteiger partial charge on any atom is -0.484 e. The van der Waals surface area contributed by atoms with Gasteiger partial charge in [-0.05, 0) is 48.0 Å². The van der Waals surface area contributed by atoms with Crippen molar-refractivity contribution in [3.05, 3.63) is 66.0 Å². The lowest BCUT2D eigenvalue weighted by Crippen LogP contribution is -2.27. The van der Waals surface area contributed by atoms with Gasteiger partial charge in [0, 0.05) is 32.1 Å². The van der Waals surface area contributed by atoms with E-state index < -0.39 is 0 Å². The Kier molecular flexibility index (Phi) is 5.63. The third-order valence-electron chi connectivity index (χ3n) is 3.11. The van der Waals surface area contributed by atoms with E-state index in [2.05, 4.69) is 4.98 Å². The summed E-state index contributed by atoms with van der Waals surface area (Å²) in [6.07, 6.45) is 6.58. The first kappa shape index (κ1) is 16.4. The number of hydrogen-bond acceptors (Lipinski definition) is 4. The van der Waals surface area contributed by atoms with Gasteiger partial charge >= 0.3 is 0 Å². The average Bonchev–Trinajstić information content (AvgIpc) is 2.58. The molecule has 0 fully saturated rings. The molecule has 5 nitrogen and oxygen atoms in total. The molecule has 0 bridgehead atoms. The van der Waals surface area contributed by atoms with E-state index in [0.717, 1.165) is 5.56 Å². The van der Waals surface area contributed by atoms with Crippen molar-refractivity contribution in [1.29, 1.82) is 0 Å². The minimum atomic E-state index is -0.121. The monoisotopic (exact) mass is 310 g/mol. The number of carbonyl (C=O) groups is 2. The number of likely N-dealkylation sites (N-methyl/N-ethyl adjacent to an activating group) is 1. The molecule has 0 radical (unpaired) electrons. The van der Waals surface area contributed by atoms with Crippen LogP contribution >= 0.6 is 0 Å². The van der Waals surface area contributed by atoms with Crippen LogP contribution in [0, 0.1) is 0 Å². The molecule has 2 rings (SSSR count). The summed E-state index contributed by atoms with van der Waals surface area (Å²) in [6.45, 7) is -0.0266. The van der Waals surface area contributed by atoms with Gasteiger partial charge < -0.3 is 9.64 Å². The van der Waals surface area contributed by atoms with E-state index in [1.165, 1.54) is 11.0 Å². The predicted octanol–water partition coefficient (Wildman–Crippen LogP) is 2.44. The van der Waals surface area contributed by atoms with Gasteiger partial charge in [-0.15, -0.1) is 0 Å². The molecular weight excluding hydrogens is 292 g/mol. The maximum atomic E-state index is 12.1. The molecule has 0 unspecified atom stereocenters. The Labute approximate surface area is 135 Å². The van der Waals surface area contributed by atoms with Gasteiger partial charge in [-0.25, -0.2) is 0 Å². The highest BCUT2D eigenvalue weighted by Gasteiger charge is 2.06. The third kappa shape index (κ3) is 5.07. The maximum Gasteiger partial charge on any atom is 0.259 e. The van der Waals surface area contributed by atoms with Crippen molar-refractivity contribution in [2.24, 2.45) is 0 Å². The lowest BCUT2D eigenvalue weighted by Gasteiger charge is -2.11. The first-order chi connectivity index (χ1) is 11.1. The van der Waals surface area contributed by atoms with Crippen LogP contribution in [0.2, 0.25) is 0 Å². The summed E-state index contributed by atoms with van der Waals surface area (Å²) in [5, 5.41) is 0. The van der Waals surface area contributed by atoms with E-state index in [0.29, 0.717) is 11.3 Å². The van der Waals surface area contributed by atoms with Crippen LogP contribution in [0.15, 0.2) is 54.9 Å². The van der Waals surface area contributed by atoms with E-state index in [1.807, 2.05) is 12.1 Å².